The van der Waals surface area contributed by atoms with Crippen LogP contribution in [-0.4, -0.2) is 26.5 Å². The Morgan fingerprint density at radius 1 is 1.00 bits per heavy atom. The van der Waals surface area contributed by atoms with Gasteiger partial charge >= 0.3 is 0 Å². The predicted molar refractivity (Wildman–Crippen MR) is 79.9 cm³/mol. The quantitative estimate of drug-likeness (QED) is 0.634. The summed E-state index contributed by atoms with van der Waals surface area (Å²) in [6.45, 7) is 1.20. The van der Waals surface area contributed by atoms with E-state index < -0.39 is 0 Å². The van der Waals surface area contributed by atoms with Gasteiger partial charge in [-0.2, -0.15) is 5.10 Å². The Bertz CT molecular complexity index is 611. The molecule has 20 heavy (non-hydrogen) atoms. The van der Waals surface area contributed by atoms with Crippen molar-refractivity contribution < 1.29 is 9.47 Å². The zero-order valence-corrected chi connectivity index (χ0v) is 11.3. The monoisotopic (exact) mass is 268 g/mol. The van der Waals surface area contributed by atoms with E-state index in [1.54, 1.807) is 0 Å². The lowest BCUT2D eigenvalue weighted by Crippen LogP contribution is -2.15. The molecule has 1 aliphatic heterocycles. The molecule has 3 rings (SSSR count). The molecule has 0 spiro atoms. The third-order valence-electron chi connectivity index (χ3n) is 3.08. The molecule has 0 amide bonds. The number of rotatable bonds is 3. The second-order valence-electron chi connectivity index (χ2n) is 4.51. The molecule has 0 saturated heterocycles. The lowest BCUT2D eigenvalue weighted by Gasteiger charge is -2.18. The molecule has 1 aliphatic rings. The summed E-state index contributed by atoms with van der Waals surface area (Å²) in [4.78, 5) is 0. The van der Waals surface area contributed by atoms with Crippen LogP contribution >= 0.6 is 0 Å². The van der Waals surface area contributed by atoms with E-state index in [2.05, 4.69) is 5.10 Å². The number of benzene rings is 2. The van der Waals surface area contributed by atoms with Gasteiger partial charge < -0.3 is 9.47 Å². The van der Waals surface area contributed by atoms with E-state index >= 15 is 0 Å². The molecule has 2 aromatic rings. The van der Waals surface area contributed by atoms with Crippen molar-refractivity contribution in [1.29, 1.82) is 0 Å². The fraction of sp³-hybridized carbons (Fsp3) is 0.188. The minimum Gasteiger partial charge on any atom is -0.486 e. The lowest BCUT2D eigenvalue weighted by molar-refractivity contribution is 0.171. The van der Waals surface area contributed by atoms with E-state index in [1.807, 2.05) is 66.8 Å². The normalized spacial score (nSPS) is 13.4. The van der Waals surface area contributed by atoms with Gasteiger partial charge in [0.05, 0.1) is 11.9 Å². The van der Waals surface area contributed by atoms with Crippen molar-refractivity contribution in [3.8, 4) is 11.5 Å². The van der Waals surface area contributed by atoms with Crippen LogP contribution in [0.4, 0.5) is 5.69 Å². The molecule has 0 fully saturated rings. The first-order chi connectivity index (χ1) is 9.83. The van der Waals surface area contributed by atoms with Crippen LogP contribution in [0.25, 0.3) is 0 Å². The number of nitrogens with zero attached hydrogens (tertiary/aromatic N) is 2. The molecule has 0 radical (unpaired) electrons. The summed E-state index contributed by atoms with van der Waals surface area (Å²) in [6.07, 6.45) is 1.81. The highest BCUT2D eigenvalue weighted by atomic mass is 16.6. The van der Waals surface area contributed by atoms with Crippen molar-refractivity contribution in [2.24, 2.45) is 5.10 Å². The van der Waals surface area contributed by atoms with E-state index in [-0.39, 0.29) is 0 Å². The number of fused-ring (bicyclic) bond motifs is 1. The van der Waals surface area contributed by atoms with Crippen LogP contribution in [0.1, 0.15) is 5.56 Å². The second-order valence-corrected chi connectivity index (χ2v) is 4.51. The zero-order chi connectivity index (χ0) is 13.8. The van der Waals surface area contributed by atoms with Crippen LogP contribution in [-0.2, 0) is 0 Å². The molecule has 0 aliphatic carbocycles. The smallest absolute Gasteiger partial charge is 0.162 e. The Balaban J connectivity index is 1.76. The Kier molecular flexibility index (Phi) is 3.54. The van der Waals surface area contributed by atoms with Crippen molar-refractivity contribution in [3.05, 3.63) is 54.1 Å². The van der Waals surface area contributed by atoms with Crippen molar-refractivity contribution in [2.75, 3.05) is 25.3 Å². The van der Waals surface area contributed by atoms with Crippen LogP contribution in [0, 0.1) is 0 Å². The molecule has 2 aromatic carbocycles. The SMILES string of the molecule is CN(/N=C/c1ccc2c(c1)OCCO2)c1ccccc1. The fourth-order valence-corrected chi connectivity index (χ4v) is 2.00. The molecule has 0 aromatic heterocycles. The first-order valence-electron chi connectivity index (χ1n) is 6.55. The Morgan fingerprint density at radius 2 is 1.75 bits per heavy atom. The largest absolute Gasteiger partial charge is 0.486 e. The summed E-state index contributed by atoms with van der Waals surface area (Å²) in [5.41, 5.74) is 2.03. The van der Waals surface area contributed by atoms with Gasteiger partial charge in [-0.25, -0.2) is 0 Å². The Hall–Kier alpha value is -2.49. The number of hydrazone groups is 1. The van der Waals surface area contributed by atoms with Gasteiger partial charge in [-0.3, -0.25) is 5.01 Å². The first kappa shape index (κ1) is 12.5. The second kappa shape index (κ2) is 5.65. The third kappa shape index (κ3) is 2.74. The fourth-order valence-electron chi connectivity index (χ4n) is 2.00. The maximum Gasteiger partial charge on any atom is 0.162 e. The molecule has 0 unspecified atom stereocenters. The number of hydrogen-bond donors (Lipinski definition) is 0. The summed E-state index contributed by atoms with van der Waals surface area (Å²) < 4.78 is 11.0. The summed E-state index contributed by atoms with van der Waals surface area (Å²) in [5, 5.41) is 6.26. The molecule has 102 valence electrons. The lowest BCUT2D eigenvalue weighted by atomic mass is 10.2. The van der Waals surface area contributed by atoms with Crippen LogP contribution in [0.2, 0.25) is 0 Å². The van der Waals surface area contributed by atoms with Crippen molar-refractivity contribution in [3.63, 3.8) is 0 Å². The van der Waals surface area contributed by atoms with Gasteiger partial charge in [0, 0.05) is 7.05 Å². The summed E-state index contributed by atoms with van der Waals surface area (Å²) in [6, 6.07) is 15.8. The van der Waals surface area contributed by atoms with E-state index in [0.29, 0.717) is 13.2 Å². The molecular weight excluding hydrogens is 252 g/mol. The average molecular weight is 268 g/mol. The minimum absolute atomic E-state index is 0.595. The maximum atomic E-state index is 5.56. The van der Waals surface area contributed by atoms with Crippen LogP contribution in [0.15, 0.2) is 53.6 Å². The molecule has 0 atom stereocenters. The van der Waals surface area contributed by atoms with Gasteiger partial charge in [-0.05, 0) is 35.9 Å². The zero-order valence-electron chi connectivity index (χ0n) is 11.3. The molecular formula is C16H16N2O2. The highest BCUT2D eigenvalue weighted by molar-refractivity contribution is 5.81. The van der Waals surface area contributed by atoms with E-state index in [1.165, 1.54) is 0 Å². The number of ether oxygens (including phenoxy) is 2. The third-order valence-corrected chi connectivity index (χ3v) is 3.08. The Morgan fingerprint density at radius 3 is 2.55 bits per heavy atom. The highest BCUT2D eigenvalue weighted by Gasteiger charge is 2.10. The molecule has 0 N–H and O–H groups in total. The molecule has 0 bridgehead atoms. The van der Waals surface area contributed by atoms with Gasteiger partial charge in [0.25, 0.3) is 0 Å². The van der Waals surface area contributed by atoms with E-state index in [0.717, 1.165) is 22.7 Å². The van der Waals surface area contributed by atoms with E-state index in [4.69, 9.17) is 9.47 Å². The highest BCUT2D eigenvalue weighted by Crippen LogP contribution is 2.30. The van der Waals surface area contributed by atoms with E-state index in [9.17, 15) is 0 Å². The summed E-state index contributed by atoms with van der Waals surface area (Å²) in [5.74, 6) is 1.58. The number of para-hydroxylation sites is 1. The Labute approximate surface area is 118 Å². The number of hydrogen-bond acceptors (Lipinski definition) is 4. The van der Waals surface area contributed by atoms with Gasteiger partial charge in [-0.1, -0.05) is 18.2 Å². The van der Waals surface area contributed by atoms with Gasteiger partial charge in [0.15, 0.2) is 11.5 Å². The van der Waals surface area contributed by atoms with Crippen LogP contribution in [0.3, 0.4) is 0 Å². The van der Waals surface area contributed by atoms with Crippen LogP contribution in [0.5, 0.6) is 11.5 Å². The van der Waals surface area contributed by atoms with Crippen molar-refractivity contribution in [1.82, 2.24) is 0 Å². The topological polar surface area (TPSA) is 34.1 Å². The number of anilines is 1. The van der Waals surface area contributed by atoms with Gasteiger partial charge in [0.2, 0.25) is 0 Å². The molecule has 1 heterocycles. The minimum atomic E-state index is 0.595. The van der Waals surface area contributed by atoms with Crippen molar-refractivity contribution >= 4 is 11.9 Å². The maximum absolute atomic E-state index is 5.56. The molecule has 0 saturated carbocycles. The molecule has 4 nitrogen and oxygen atoms in total. The first-order valence-corrected chi connectivity index (χ1v) is 6.55. The molecule has 4 heteroatoms. The van der Waals surface area contributed by atoms with Gasteiger partial charge in [-0.15, -0.1) is 0 Å². The standard InChI is InChI=1S/C16H16N2O2/c1-18(14-5-3-2-4-6-14)17-12-13-7-8-15-16(11-13)20-10-9-19-15/h2-8,11-12H,9-10H2,1H3/b17-12+. The predicted octanol–water partition coefficient (Wildman–Crippen LogP) is 2.93. The summed E-state index contributed by atoms with van der Waals surface area (Å²) in [7, 11) is 1.92. The summed E-state index contributed by atoms with van der Waals surface area (Å²) >= 11 is 0. The van der Waals surface area contributed by atoms with Crippen LogP contribution < -0.4 is 14.5 Å². The average Bonchev–Trinajstić information content (AvgIpc) is 2.53. The van der Waals surface area contributed by atoms with Crippen molar-refractivity contribution in [2.45, 2.75) is 0 Å². The van der Waals surface area contributed by atoms with Gasteiger partial charge in [0.1, 0.15) is 13.2 Å².